The van der Waals surface area contributed by atoms with Crippen LogP contribution in [0.15, 0.2) is 0 Å². The number of ketones is 1. The second kappa shape index (κ2) is 3.92. The first-order valence-electron chi connectivity index (χ1n) is 4.11. The molecule has 1 aromatic rings. The average molecular weight is 233 g/mol. The molecule has 1 rings (SSSR count). The van der Waals surface area contributed by atoms with E-state index in [2.05, 4.69) is 0 Å². The number of carbonyl (C=O) groups excluding carboxylic acids is 1. The van der Waals surface area contributed by atoms with Gasteiger partial charge in [-0.2, -0.15) is 4.39 Å². The molecule has 1 aromatic carbocycles. The van der Waals surface area contributed by atoms with Crippen LogP contribution in [0.1, 0.15) is 22.8 Å². The molecule has 0 fully saturated rings. The summed E-state index contributed by atoms with van der Waals surface area (Å²) in [5.41, 5.74) is -3.26. The molecule has 7 heteroatoms. The van der Waals surface area contributed by atoms with E-state index in [-0.39, 0.29) is 0 Å². The highest BCUT2D eigenvalue weighted by molar-refractivity contribution is 5.98. The predicted octanol–water partition coefficient (Wildman–Crippen LogP) is 2.52. The van der Waals surface area contributed by atoms with Crippen LogP contribution in [-0.2, 0) is 0 Å². The van der Waals surface area contributed by atoms with Crippen molar-refractivity contribution in [1.82, 2.24) is 0 Å². The summed E-state index contributed by atoms with van der Waals surface area (Å²) in [5.74, 6) is -5.92. The highest BCUT2D eigenvalue weighted by atomic mass is 19.2. The monoisotopic (exact) mass is 233 g/mol. The maximum Gasteiger partial charge on any atom is 0.321 e. The molecule has 0 saturated carbocycles. The van der Waals surface area contributed by atoms with Crippen molar-refractivity contribution in [3.8, 4) is 0 Å². The van der Waals surface area contributed by atoms with Gasteiger partial charge in [0.1, 0.15) is 11.4 Å². The fourth-order valence-electron chi connectivity index (χ4n) is 1.26. The molecule has 0 radical (unpaired) electrons. The molecule has 0 saturated heterocycles. The van der Waals surface area contributed by atoms with Crippen molar-refractivity contribution in [3.05, 3.63) is 38.7 Å². The average Bonchev–Trinajstić information content (AvgIpc) is 2.18. The molecule has 0 aliphatic rings. The zero-order chi connectivity index (χ0) is 12.6. The van der Waals surface area contributed by atoms with Gasteiger partial charge in [0, 0.05) is 5.56 Å². The second-order valence-electron chi connectivity index (χ2n) is 3.10. The molecule has 86 valence electrons. The molecule has 0 aliphatic carbocycles. The van der Waals surface area contributed by atoms with Crippen molar-refractivity contribution in [3.63, 3.8) is 0 Å². The quantitative estimate of drug-likeness (QED) is 0.341. The first-order valence-corrected chi connectivity index (χ1v) is 4.11. The summed E-state index contributed by atoms with van der Waals surface area (Å²) < 4.78 is 39.6. The molecule has 0 heterocycles. The summed E-state index contributed by atoms with van der Waals surface area (Å²) in [7, 11) is 0. The normalized spacial score (nSPS) is 10.3. The molecule has 0 aromatic heterocycles. The van der Waals surface area contributed by atoms with Gasteiger partial charge in [-0.1, -0.05) is 0 Å². The first kappa shape index (κ1) is 12.2. The van der Waals surface area contributed by atoms with E-state index in [9.17, 15) is 28.1 Å². The van der Waals surface area contributed by atoms with Crippen molar-refractivity contribution in [2.24, 2.45) is 0 Å². The zero-order valence-electron chi connectivity index (χ0n) is 8.31. The largest absolute Gasteiger partial charge is 0.321 e. The van der Waals surface area contributed by atoms with Gasteiger partial charge in [0.15, 0.2) is 11.6 Å². The van der Waals surface area contributed by atoms with Crippen LogP contribution in [0.4, 0.5) is 18.9 Å². The van der Waals surface area contributed by atoms with Crippen LogP contribution in [-0.4, -0.2) is 10.7 Å². The Morgan fingerprint density at radius 2 is 1.69 bits per heavy atom. The van der Waals surface area contributed by atoms with E-state index < -0.39 is 45.0 Å². The summed E-state index contributed by atoms with van der Waals surface area (Å²) in [6, 6.07) is 0. The zero-order valence-corrected chi connectivity index (χ0v) is 8.31. The number of hydrogen-bond donors (Lipinski definition) is 0. The third-order valence-electron chi connectivity index (χ3n) is 2.05. The van der Waals surface area contributed by atoms with Gasteiger partial charge >= 0.3 is 5.69 Å². The lowest BCUT2D eigenvalue weighted by molar-refractivity contribution is -0.388. The Morgan fingerprint density at radius 1 is 1.19 bits per heavy atom. The summed E-state index contributed by atoms with van der Waals surface area (Å²) >= 11 is 0. The van der Waals surface area contributed by atoms with E-state index in [0.29, 0.717) is 0 Å². The maximum absolute atomic E-state index is 13.4. The van der Waals surface area contributed by atoms with Gasteiger partial charge in [0.2, 0.25) is 5.82 Å². The number of nitrogens with zero attached hydrogens (tertiary/aromatic N) is 1. The Kier molecular flexibility index (Phi) is 2.97. The smallest absolute Gasteiger partial charge is 0.294 e. The lowest BCUT2D eigenvalue weighted by Gasteiger charge is -2.06. The van der Waals surface area contributed by atoms with Crippen LogP contribution in [0.5, 0.6) is 0 Å². The van der Waals surface area contributed by atoms with Crippen molar-refractivity contribution in [2.45, 2.75) is 13.8 Å². The van der Waals surface area contributed by atoms with Gasteiger partial charge in [-0.3, -0.25) is 14.9 Å². The van der Waals surface area contributed by atoms with E-state index in [4.69, 9.17) is 0 Å². The molecule has 4 nitrogen and oxygen atoms in total. The summed E-state index contributed by atoms with van der Waals surface area (Å²) in [4.78, 5) is 20.1. The lowest BCUT2D eigenvalue weighted by Crippen LogP contribution is -2.10. The van der Waals surface area contributed by atoms with E-state index in [1.165, 1.54) is 0 Å². The van der Waals surface area contributed by atoms with Crippen molar-refractivity contribution < 1.29 is 22.9 Å². The number of nitro groups is 1. The lowest BCUT2D eigenvalue weighted by atomic mass is 10.0. The van der Waals surface area contributed by atoms with Crippen LogP contribution in [0, 0.1) is 34.5 Å². The van der Waals surface area contributed by atoms with Crippen LogP contribution >= 0.6 is 0 Å². The fraction of sp³-hybridized carbons (Fsp3) is 0.222. The highest BCUT2D eigenvalue weighted by Crippen LogP contribution is 2.30. The minimum Gasteiger partial charge on any atom is -0.294 e. The van der Waals surface area contributed by atoms with Gasteiger partial charge < -0.3 is 0 Å². The molecule has 0 unspecified atom stereocenters. The molecule has 0 aliphatic heterocycles. The van der Waals surface area contributed by atoms with Gasteiger partial charge in [-0.05, 0) is 13.8 Å². The number of carbonyl (C=O) groups is 1. The second-order valence-corrected chi connectivity index (χ2v) is 3.10. The highest BCUT2D eigenvalue weighted by Gasteiger charge is 2.32. The Morgan fingerprint density at radius 3 is 2.06 bits per heavy atom. The third-order valence-corrected chi connectivity index (χ3v) is 2.05. The van der Waals surface area contributed by atoms with Gasteiger partial charge in [-0.25, -0.2) is 8.78 Å². The predicted molar refractivity (Wildman–Crippen MR) is 47.7 cm³/mol. The van der Waals surface area contributed by atoms with Gasteiger partial charge in [0.05, 0.1) is 4.92 Å². The molecule has 0 spiro atoms. The van der Waals surface area contributed by atoms with Crippen molar-refractivity contribution in [1.29, 1.82) is 0 Å². The van der Waals surface area contributed by atoms with Crippen molar-refractivity contribution in [2.75, 3.05) is 0 Å². The van der Waals surface area contributed by atoms with Crippen LogP contribution in [0.2, 0.25) is 0 Å². The molecular weight excluding hydrogens is 227 g/mol. The van der Waals surface area contributed by atoms with Gasteiger partial charge in [-0.15, -0.1) is 0 Å². The number of rotatable bonds is 2. The van der Waals surface area contributed by atoms with Crippen LogP contribution in [0.3, 0.4) is 0 Å². The fourth-order valence-corrected chi connectivity index (χ4v) is 1.26. The van der Waals surface area contributed by atoms with E-state index in [0.717, 1.165) is 13.8 Å². The molecule has 0 atom stereocenters. The molecule has 0 bridgehead atoms. The third kappa shape index (κ3) is 1.64. The molecule has 0 N–H and O–H groups in total. The topological polar surface area (TPSA) is 60.2 Å². The number of nitro benzene ring substituents is 1. The Hall–Kier alpha value is -1.92. The Labute approximate surface area is 87.8 Å². The molecule has 0 amide bonds. The van der Waals surface area contributed by atoms with E-state index in [1.807, 2.05) is 0 Å². The standard InChI is InChI=1S/C9H6F3NO3/c1-3-6(10)5(4(2)14)9(13(15)16)8(12)7(3)11/h1-2H3. The van der Waals surface area contributed by atoms with Crippen molar-refractivity contribution >= 4 is 11.5 Å². The number of halogens is 3. The molecular formula is C9H6F3NO3. The number of Topliss-reactive ketones (excluding diaryl/α,β-unsaturated/α-hetero) is 1. The van der Waals surface area contributed by atoms with E-state index in [1.54, 1.807) is 0 Å². The van der Waals surface area contributed by atoms with E-state index >= 15 is 0 Å². The minimum atomic E-state index is -1.82. The Bertz CT molecular complexity index is 455. The number of benzene rings is 1. The molecule has 16 heavy (non-hydrogen) atoms. The van der Waals surface area contributed by atoms with Crippen LogP contribution in [0.25, 0.3) is 0 Å². The number of hydrogen-bond acceptors (Lipinski definition) is 3. The minimum absolute atomic E-state index is 0.756. The SMILES string of the molecule is CC(=O)c1c(F)c(C)c(F)c(F)c1[N+](=O)[O-]. The first-order chi connectivity index (χ1) is 7.29. The summed E-state index contributed by atoms with van der Waals surface area (Å²) in [6.07, 6.45) is 0. The summed E-state index contributed by atoms with van der Waals surface area (Å²) in [6.45, 7) is 1.73. The van der Waals surface area contributed by atoms with Crippen LogP contribution < -0.4 is 0 Å². The Balaban J connectivity index is 3.83. The van der Waals surface area contributed by atoms with Gasteiger partial charge in [0.25, 0.3) is 0 Å². The summed E-state index contributed by atoms with van der Waals surface area (Å²) in [5, 5.41) is 10.4. The maximum atomic E-state index is 13.4.